The Balaban J connectivity index is 1.30. The van der Waals surface area contributed by atoms with Gasteiger partial charge in [0.05, 0.1) is 18.1 Å². The number of phenols is 1. The van der Waals surface area contributed by atoms with E-state index < -0.39 is 0 Å². The van der Waals surface area contributed by atoms with E-state index in [2.05, 4.69) is 39.8 Å². The lowest BCUT2D eigenvalue weighted by molar-refractivity contribution is 0.158. The van der Waals surface area contributed by atoms with Crippen LogP contribution in [0, 0.1) is 0 Å². The average Bonchev–Trinajstić information content (AvgIpc) is 3.61. The monoisotopic (exact) mass is 565 g/mol. The van der Waals surface area contributed by atoms with E-state index in [-0.39, 0.29) is 18.6 Å². The second-order valence-electron chi connectivity index (χ2n) is 10.9. The van der Waals surface area contributed by atoms with E-state index in [4.69, 9.17) is 30.8 Å². The van der Waals surface area contributed by atoms with Gasteiger partial charge in [0.2, 0.25) is 6.79 Å². The van der Waals surface area contributed by atoms with E-state index >= 15 is 0 Å². The first-order valence-electron chi connectivity index (χ1n) is 13.9. The van der Waals surface area contributed by atoms with Gasteiger partial charge in [-0.3, -0.25) is 4.90 Å². The molecule has 0 bridgehead atoms. The third-order valence-corrected chi connectivity index (χ3v) is 8.97. The molecule has 3 aliphatic heterocycles. The number of benzene rings is 4. The maximum atomic E-state index is 11.4. The zero-order chi connectivity index (χ0) is 27.7. The molecule has 1 unspecified atom stereocenters. The number of phenolic OH excluding ortho intramolecular Hbond substituents is 1. The number of fused-ring (bicyclic) bond motifs is 6. The normalized spacial score (nSPS) is 17.3. The van der Waals surface area contributed by atoms with Crippen LogP contribution in [0.2, 0.25) is 5.02 Å². The van der Waals surface area contributed by atoms with E-state index in [1.165, 1.54) is 11.1 Å². The summed E-state index contributed by atoms with van der Waals surface area (Å²) in [7, 11) is 1.60. The standard InChI is InChI=1S/C33H28ClN3O4/c1-39-31-15-24(33-35-26-4-2-3-5-27(26)37(33)16-19-6-8-21(34)9-7-19)23-13-28-22-14-30-29(40-18-41-30)12-20(22)10-11-36(28)17-25(23)32(31)38/h2-9,12,14-15,28,38H,10-11,13,16-18H2,1H3. The molecule has 1 N–H and O–H groups in total. The molecule has 7 nitrogen and oxygen atoms in total. The summed E-state index contributed by atoms with van der Waals surface area (Å²) in [6.45, 7) is 2.42. The fraction of sp³-hybridized carbons (Fsp3) is 0.242. The highest BCUT2D eigenvalue weighted by Gasteiger charge is 2.37. The average molecular weight is 566 g/mol. The molecule has 0 spiro atoms. The van der Waals surface area contributed by atoms with Gasteiger partial charge in [0, 0.05) is 41.8 Å². The molecule has 4 aromatic carbocycles. The highest BCUT2D eigenvalue weighted by atomic mass is 35.5. The molecule has 8 heteroatoms. The lowest BCUT2D eigenvalue weighted by Crippen LogP contribution is -2.39. The number of nitrogens with zero attached hydrogens (tertiary/aromatic N) is 3. The topological polar surface area (TPSA) is 69.0 Å². The predicted octanol–water partition coefficient (Wildman–Crippen LogP) is 6.50. The Hall–Kier alpha value is -4.20. The fourth-order valence-electron chi connectivity index (χ4n) is 6.68. The highest BCUT2D eigenvalue weighted by molar-refractivity contribution is 6.30. The van der Waals surface area contributed by atoms with Gasteiger partial charge in [-0.1, -0.05) is 35.9 Å². The summed E-state index contributed by atoms with van der Waals surface area (Å²) in [4.78, 5) is 7.61. The molecule has 8 rings (SSSR count). The van der Waals surface area contributed by atoms with Gasteiger partial charge in [0.15, 0.2) is 23.0 Å². The molecule has 1 atom stereocenters. The summed E-state index contributed by atoms with van der Waals surface area (Å²) < 4.78 is 19.4. The molecule has 0 aliphatic carbocycles. The second kappa shape index (κ2) is 9.43. The molecular weight excluding hydrogens is 538 g/mol. The first-order chi connectivity index (χ1) is 20.1. The number of halogens is 1. The molecule has 0 saturated carbocycles. The van der Waals surface area contributed by atoms with Crippen LogP contribution in [-0.2, 0) is 25.9 Å². The van der Waals surface area contributed by atoms with Gasteiger partial charge in [0.1, 0.15) is 5.82 Å². The molecule has 3 aliphatic rings. The minimum atomic E-state index is 0.154. The summed E-state index contributed by atoms with van der Waals surface area (Å²) in [5, 5.41) is 12.1. The van der Waals surface area contributed by atoms with Gasteiger partial charge < -0.3 is 23.9 Å². The number of para-hydroxylation sites is 2. The van der Waals surface area contributed by atoms with Crippen LogP contribution >= 0.6 is 11.6 Å². The lowest BCUT2D eigenvalue weighted by Gasteiger charge is -2.42. The van der Waals surface area contributed by atoms with Crippen molar-refractivity contribution in [3.63, 3.8) is 0 Å². The SMILES string of the molecule is COc1cc(-c2nc3ccccc3n2Cc2ccc(Cl)cc2)c2c(c1O)CN1CCc3cc4c(cc3C1C2)OCO4. The lowest BCUT2D eigenvalue weighted by atomic mass is 9.81. The first-order valence-corrected chi connectivity index (χ1v) is 14.2. The number of aromatic hydroxyl groups is 1. The molecule has 0 saturated heterocycles. The van der Waals surface area contributed by atoms with Crippen molar-refractivity contribution in [2.24, 2.45) is 0 Å². The van der Waals surface area contributed by atoms with Gasteiger partial charge in [-0.25, -0.2) is 4.98 Å². The minimum Gasteiger partial charge on any atom is -0.504 e. The van der Waals surface area contributed by atoms with Crippen LogP contribution in [0.3, 0.4) is 0 Å². The molecule has 0 fully saturated rings. The summed E-state index contributed by atoms with van der Waals surface area (Å²) in [6.07, 6.45) is 1.66. The molecule has 206 valence electrons. The van der Waals surface area contributed by atoms with Crippen LogP contribution < -0.4 is 14.2 Å². The molecule has 4 heterocycles. The highest BCUT2D eigenvalue weighted by Crippen LogP contribution is 2.49. The Labute approximate surface area is 242 Å². The van der Waals surface area contributed by atoms with Crippen LogP contribution in [0.1, 0.15) is 33.9 Å². The summed E-state index contributed by atoms with van der Waals surface area (Å²) in [6, 6.07) is 22.5. The zero-order valence-electron chi connectivity index (χ0n) is 22.6. The van der Waals surface area contributed by atoms with Crippen molar-refractivity contribution >= 4 is 22.6 Å². The fourth-order valence-corrected chi connectivity index (χ4v) is 6.81. The quantitative estimate of drug-likeness (QED) is 0.268. The Morgan fingerprint density at radius 1 is 1.02 bits per heavy atom. The van der Waals surface area contributed by atoms with E-state index in [9.17, 15) is 5.11 Å². The third kappa shape index (κ3) is 3.95. The molecule has 1 aromatic heterocycles. The Kier molecular flexibility index (Phi) is 5.66. The Bertz CT molecular complexity index is 1830. The van der Waals surface area contributed by atoms with Crippen LogP contribution in [0.15, 0.2) is 66.7 Å². The molecule has 0 amide bonds. The van der Waals surface area contributed by atoms with Crippen LogP contribution in [0.5, 0.6) is 23.0 Å². The number of imidazole rings is 1. The Morgan fingerprint density at radius 3 is 2.66 bits per heavy atom. The minimum absolute atomic E-state index is 0.154. The number of hydrogen-bond donors (Lipinski definition) is 1. The summed E-state index contributed by atoms with van der Waals surface area (Å²) in [5.74, 6) is 3.15. The maximum Gasteiger partial charge on any atom is 0.231 e. The van der Waals surface area contributed by atoms with E-state index in [1.807, 2.05) is 36.4 Å². The number of methoxy groups -OCH3 is 1. The van der Waals surface area contributed by atoms with E-state index in [1.54, 1.807) is 7.11 Å². The van der Waals surface area contributed by atoms with Crippen LogP contribution in [0.4, 0.5) is 0 Å². The smallest absolute Gasteiger partial charge is 0.231 e. The molecular formula is C33H28ClN3O4. The van der Waals surface area contributed by atoms with Gasteiger partial charge in [-0.05, 0) is 77.6 Å². The molecule has 5 aromatic rings. The van der Waals surface area contributed by atoms with Crippen molar-refractivity contribution in [3.8, 4) is 34.4 Å². The van der Waals surface area contributed by atoms with E-state index in [0.717, 1.165) is 70.0 Å². The van der Waals surface area contributed by atoms with Gasteiger partial charge in [-0.2, -0.15) is 0 Å². The predicted molar refractivity (Wildman–Crippen MR) is 157 cm³/mol. The second-order valence-corrected chi connectivity index (χ2v) is 11.3. The number of ether oxygens (including phenoxy) is 3. The molecule has 0 radical (unpaired) electrons. The van der Waals surface area contributed by atoms with Crippen LogP contribution in [-0.4, -0.2) is 40.0 Å². The molecule has 41 heavy (non-hydrogen) atoms. The van der Waals surface area contributed by atoms with Crippen LogP contribution in [0.25, 0.3) is 22.4 Å². The van der Waals surface area contributed by atoms with Crippen molar-refractivity contribution in [2.75, 3.05) is 20.4 Å². The summed E-state index contributed by atoms with van der Waals surface area (Å²) in [5.41, 5.74) is 8.65. The van der Waals surface area contributed by atoms with Crippen molar-refractivity contribution < 1.29 is 19.3 Å². The maximum absolute atomic E-state index is 11.4. The largest absolute Gasteiger partial charge is 0.504 e. The van der Waals surface area contributed by atoms with E-state index in [0.29, 0.717) is 23.9 Å². The van der Waals surface area contributed by atoms with Crippen molar-refractivity contribution in [1.29, 1.82) is 0 Å². The number of hydrogen-bond acceptors (Lipinski definition) is 6. The van der Waals surface area contributed by atoms with Gasteiger partial charge in [0.25, 0.3) is 0 Å². The van der Waals surface area contributed by atoms with Gasteiger partial charge >= 0.3 is 0 Å². The summed E-state index contributed by atoms with van der Waals surface area (Å²) >= 11 is 6.19. The zero-order valence-corrected chi connectivity index (χ0v) is 23.3. The first kappa shape index (κ1) is 24.6. The van der Waals surface area contributed by atoms with Crippen molar-refractivity contribution in [2.45, 2.75) is 32.0 Å². The van der Waals surface area contributed by atoms with Crippen molar-refractivity contribution in [1.82, 2.24) is 14.5 Å². The van der Waals surface area contributed by atoms with Gasteiger partial charge in [-0.15, -0.1) is 0 Å². The van der Waals surface area contributed by atoms with Crippen molar-refractivity contribution in [3.05, 3.63) is 99.6 Å². The number of aromatic nitrogens is 2. The third-order valence-electron chi connectivity index (χ3n) is 8.71. The Morgan fingerprint density at radius 2 is 1.83 bits per heavy atom. The number of rotatable bonds is 4.